The zero-order valence-electron chi connectivity index (χ0n) is 22.2. The van der Waals surface area contributed by atoms with Gasteiger partial charge in [-0.15, -0.1) is 0 Å². The number of carbonyl (C=O) groups excluding carboxylic acids is 2. The second kappa shape index (κ2) is 10.2. The third-order valence-corrected chi connectivity index (χ3v) is 7.34. The number of pyridine rings is 1. The first-order chi connectivity index (χ1) is 19.3. The number of fused-ring (bicyclic) bond motifs is 2. The molecule has 1 amide bonds. The molecule has 1 atom stereocenters. The van der Waals surface area contributed by atoms with Gasteiger partial charge in [0.2, 0.25) is 5.91 Å². The monoisotopic (exact) mass is 540 g/mol. The van der Waals surface area contributed by atoms with Gasteiger partial charge < -0.3 is 25.0 Å². The van der Waals surface area contributed by atoms with E-state index in [1.54, 1.807) is 30.3 Å². The van der Waals surface area contributed by atoms with Crippen LogP contribution in [-0.4, -0.2) is 55.5 Å². The van der Waals surface area contributed by atoms with Crippen LogP contribution in [-0.2, 0) is 14.9 Å². The van der Waals surface area contributed by atoms with Crippen molar-refractivity contribution in [3.63, 3.8) is 0 Å². The zero-order valence-corrected chi connectivity index (χ0v) is 22.2. The molecule has 1 saturated carbocycles. The quantitative estimate of drug-likeness (QED) is 0.230. The van der Waals surface area contributed by atoms with Gasteiger partial charge in [-0.05, 0) is 68.2 Å². The number of anilines is 2. The lowest BCUT2D eigenvalue weighted by Gasteiger charge is -2.17. The van der Waals surface area contributed by atoms with E-state index in [2.05, 4.69) is 10.6 Å². The van der Waals surface area contributed by atoms with Crippen LogP contribution in [0.25, 0.3) is 22.0 Å². The molecule has 204 valence electrons. The molecule has 1 aliphatic heterocycles. The molecule has 9 heteroatoms. The van der Waals surface area contributed by atoms with Gasteiger partial charge in [0.05, 0.1) is 22.4 Å². The zero-order chi connectivity index (χ0) is 27.9. The van der Waals surface area contributed by atoms with Crippen molar-refractivity contribution >= 4 is 34.2 Å². The number of hydrogen-bond donors (Lipinski definition) is 2. The molecule has 4 aromatic rings. The van der Waals surface area contributed by atoms with Crippen molar-refractivity contribution in [2.24, 2.45) is 0 Å². The highest BCUT2D eigenvalue weighted by Crippen LogP contribution is 2.51. The Labute approximate surface area is 231 Å². The van der Waals surface area contributed by atoms with Gasteiger partial charge in [-0.2, -0.15) is 4.39 Å². The largest absolute Gasteiger partial charge is 0.461 e. The number of esters is 1. The molecule has 6 rings (SSSR count). The Morgan fingerprint density at radius 3 is 2.73 bits per heavy atom. The summed E-state index contributed by atoms with van der Waals surface area (Å²) >= 11 is 0. The minimum atomic E-state index is -1.59. The van der Waals surface area contributed by atoms with Gasteiger partial charge in [0.1, 0.15) is 18.2 Å². The predicted molar refractivity (Wildman–Crippen MR) is 151 cm³/mol. The minimum absolute atomic E-state index is 0.179. The molecule has 1 aliphatic carbocycles. The summed E-state index contributed by atoms with van der Waals surface area (Å²) in [6, 6.07) is 22.1. The molecule has 2 N–H and O–H groups in total. The fraction of sp³-hybridized carbons (Fsp3) is 0.258. The van der Waals surface area contributed by atoms with E-state index in [4.69, 9.17) is 14.5 Å². The lowest BCUT2D eigenvalue weighted by atomic mass is 9.94. The van der Waals surface area contributed by atoms with Crippen molar-refractivity contribution in [3.05, 3.63) is 83.9 Å². The average molecular weight is 541 g/mol. The predicted octanol–water partition coefficient (Wildman–Crippen LogP) is 5.35. The molecule has 0 spiro atoms. The van der Waals surface area contributed by atoms with E-state index in [0.717, 1.165) is 21.9 Å². The van der Waals surface area contributed by atoms with Gasteiger partial charge in [-0.25, -0.2) is 9.78 Å². The van der Waals surface area contributed by atoms with E-state index in [1.165, 1.54) is 0 Å². The number of alkyl halides is 1. The highest BCUT2D eigenvalue weighted by atomic mass is 19.1. The van der Waals surface area contributed by atoms with Crippen molar-refractivity contribution in [2.75, 3.05) is 37.9 Å². The number of nitrogens with one attached hydrogen (secondary N) is 2. The summed E-state index contributed by atoms with van der Waals surface area (Å²) in [5.41, 5.74) is 2.43. The summed E-state index contributed by atoms with van der Waals surface area (Å²) in [5.74, 6) is 0.227. The number of hydrogen-bond acceptors (Lipinski definition) is 7. The number of likely N-dealkylation sites (N-methyl/N-ethyl adjacent to an activating group) is 1. The molecule has 3 aromatic carbocycles. The van der Waals surface area contributed by atoms with E-state index in [-0.39, 0.29) is 5.91 Å². The Morgan fingerprint density at radius 1 is 1.10 bits per heavy atom. The highest BCUT2D eigenvalue weighted by molar-refractivity contribution is 6.04. The number of halogens is 1. The number of aromatic nitrogens is 1. The fourth-order valence-electron chi connectivity index (χ4n) is 4.99. The molecule has 1 fully saturated rings. The number of ether oxygens (including phenoxy) is 2. The second-order valence-corrected chi connectivity index (χ2v) is 10.4. The molecule has 8 nitrogen and oxygen atoms in total. The molecule has 40 heavy (non-hydrogen) atoms. The first-order valence-electron chi connectivity index (χ1n) is 13.2. The molecule has 0 bridgehead atoms. The van der Waals surface area contributed by atoms with Gasteiger partial charge in [-0.1, -0.05) is 42.5 Å². The SMILES string of the molecule is CN(C)CCOC(=O)c1cccc(-c2nc(NC(=O)C3(c4ccc5c(c4)OC(F)N5)CC3)cc3ccccc23)c1. The standard InChI is InChI=1S/C31H29FN4O4/c1-36(2)14-15-39-28(37)21-8-5-7-20(16-21)27-23-9-4-3-6-19(23)17-26(34-27)35-29(38)31(12-13-31)22-10-11-24-25(18-22)40-30(32)33-24/h3-11,16-18,30,33H,12-15H2,1-2H3,(H,34,35,38). The van der Waals surface area contributed by atoms with Crippen molar-refractivity contribution in [3.8, 4) is 17.0 Å². The molecule has 2 heterocycles. The Balaban J connectivity index is 1.29. The number of carbonyl (C=O) groups is 2. The van der Waals surface area contributed by atoms with Gasteiger partial charge in [0, 0.05) is 17.5 Å². The van der Waals surface area contributed by atoms with Crippen LogP contribution in [0.2, 0.25) is 0 Å². The van der Waals surface area contributed by atoms with Crippen molar-refractivity contribution in [1.29, 1.82) is 0 Å². The first kappa shape index (κ1) is 25.8. The van der Waals surface area contributed by atoms with Crippen LogP contribution in [0.1, 0.15) is 28.8 Å². The van der Waals surface area contributed by atoms with Crippen molar-refractivity contribution in [2.45, 2.75) is 24.7 Å². The van der Waals surface area contributed by atoms with E-state index in [0.29, 0.717) is 54.5 Å². The molecule has 1 unspecified atom stereocenters. The van der Waals surface area contributed by atoms with Gasteiger partial charge in [-0.3, -0.25) is 4.79 Å². The number of amides is 1. The maximum Gasteiger partial charge on any atom is 0.338 e. The third-order valence-electron chi connectivity index (χ3n) is 7.34. The second-order valence-electron chi connectivity index (χ2n) is 10.4. The van der Waals surface area contributed by atoms with Gasteiger partial charge >= 0.3 is 12.5 Å². The summed E-state index contributed by atoms with van der Waals surface area (Å²) < 4.78 is 24.2. The van der Waals surface area contributed by atoms with E-state index >= 15 is 0 Å². The fourth-order valence-corrected chi connectivity index (χ4v) is 4.99. The smallest absolute Gasteiger partial charge is 0.338 e. The van der Waals surface area contributed by atoms with E-state index < -0.39 is 17.9 Å². The van der Waals surface area contributed by atoms with E-state index in [9.17, 15) is 14.0 Å². The Kier molecular flexibility index (Phi) is 6.59. The molecule has 2 aliphatic rings. The lowest BCUT2D eigenvalue weighted by Crippen LogP contribution is -2.28. The third kappa shape index (κ3) is 4.96. The first-order valence-corrected chi connectivity index (χ1v) is 13.2. The Morgan fingerprint density at radius 2 is 1.93 bits per heavy atom. The topological polar surface area (TPSA) is 92.8 Å². The van der Waals surface area contributed by atoms with Crippen molar-refractivity contribution < 1.29 is 23.5 Å². The highest BCUT2D eigenvalue weighted by Gasteiger charge is 2.52. The van der Waals surface area contributed by atoms with Crippen LogP contribution in [0.4, 0.5) is 15.9 Å². The van der Waals surface area contributed by atoms with Gasteiger partial charge in [0.15, 0.2) is 0 Å². The summed E-state index contributed by atoms with van der Waals surface area (Å²) in [5, 5.41) is 7.41. The normalized spacial score (nSPS) is 16.6. The molecule has 0 radical (unpaired) electrons. The van der Waals surface area contributed by atoms with Crippen LogP contribution in [0.5, 0.6) is 5.75 Å². The van der Waals surface area contributed by atoms with Crippen LogP contribution in [0.3, 0.4) is 0 Å². The molecule has 0 saturated heterocycles. The minimum Gasteiger partial charge on any atom is -0.461 e. The van der Waals surface area contributed by atoms with Crippen LogP contribution in [0.15, 0.2) is 72.8 Å². The molecule has 1 aromatic heterocycles. The summed E-state index contributed by atoms with van der Waals surface area (Å²) in [6.45, 7) is -0.665. The molecular weight excluding hydrogens is 511 g/mol. The van der Waals surface area contributed by atoms with E-state index in [1.807, 2.05) is 61.5 Å². The van der Waals surface area contributed by atoms with Crippen molar-refractivity contribution in [1.82, 2.24) is 9.88 Å². The maximum absolute atomic E-state index is 13.6. The van der Waals surface area contributed by atoms with Crippen LogP contribution in [0, 0.1) is 0 Å². The van der Waals surface area contributed by atoms with Crippen LogP contribution >= 0.6 is 0 Å². The van der Waals surface area contributed by atoms with Crippen LogP contribution < -0.4 is 15.4 Å². The summed E-state index contributed by atoms with van der Waals surface area (Å²) in [7, 11) is 3.83. The maximum atomic E-state index is 13.6. The summed E-state index contributed by atoms with van der Waals surface area (Å²) in [6.07, 6.45) is 1.34. The lowest BCUT2D eigenvalue weighted by molar-refractivity contribution is -0.118. The number of rotatable bonds is 8. The molecular formula is C31H29FN4O4. The number of nitrogens with zero attached hydrogens (tertiary/aromatic N) is 2. The summed E-state index contributed by atoms with van der Waals surface area (Å²) in [4.78, 5) is 33.0. The Hall–Kier alpha value is -4.50. The van der Waals surface area contributed by atoms with Gasteiger partial charge in [0.25, 0.3) is 0 Å². The average Bonchev–Trinajstić information content (AvgIpc) is 3.67. The Bertz CT molecular complexity index is 1620. The number of benzene rings is 3.